The molecule has 98 valence electrons. The molecular formula is C16H17NO2. The molecule has 2 rings (SSSR count). The third-order valence-electron chi connectivity index (χ3n) is 3.08. The van der Waals surface area contributed by atoms with Gasteiger partial charge in [0.15, 0.2) is 0 Å². The molecule has 0 amide bonds. The molecule has 0 bridgehead atoms. The minimum Gasteiger partial charge on any atom is -0.465 e. The van der Waals surface area contributed by atoms with E-state index in [1.54, 1.807) is 6.07 Å². The van der Waals surface area contributed by atoms with E-state index in [0.29, 0.717) is 18.5 Å². The highest BCUT2D eigenvalue weighted by Crippen LogP contribution is 2.16. The number of rotatable bonds is 4. The molecule has 0 saturated carbocycles. The van der Waals surface area contributed by atoms with Crippen molar-refractivity contribution in [2.45, 2.75) is 13.0 Å². The SMILES string of the molecule is COC(=O)c1ccccc1Cc1ccc(CN)cc1. The Balaban J connectivity index is 2.25. The van der Waals surface area contributed by atoms with Crippen LogP contribution in [0.5, 0.6) is 0 Å². The molecule has 0 aliphatic rings. The van der Waals surface area contributed by atoms with Gasteiger partial charge in [0, 0.05) is 6.54 Å². The van der Waals surface area contributed by atoms with E-state index in [0.717, 1.165) is 16.7 Å². The van der Waals surface area contributed by atoms with E-state index in [9.17, 15) is 4.79 Å². The van der Waals surface area contributed by atoms with Gasteiger partial charge in [-0.25, -0.2) is 4.79 Å². The Morgan fingerprint density at radius 3 is 2.32 bits per heavy atom. The Labute approximate surface area is 113 Å². The highest BCUT2D eigenvalue weighted by atomic mass is 16.5. The highest BCUT2D eigenvalue weighted by Gasteiger charge is 2.10. The molecule has 3 nitrogen and oxygen atoms in total. The first-order valence-electron chi connectivity index (χ1n) is 6.18. The van der Waals surface area contributed by atoms with Crippen molar-refractivity contribution in [3.05, 3.63) is 70.8 Å². The molecule has 0 aliphatic carbocycles. The van der Waals surface area contributed by atoms with E-state index in [-0.39, 0.29) is 5.97 Å². The summed E-state index contributed by atoms with van der Waals surface area (Å²) < 4.78 is 4.80. The fourth-order valence-electron chi connectivity index (χ4n) is 2.00. The fraction of sp³-hybridized carbons (Fsp3) is 0.188. The molecule has 2 aromatic rings. The predicted octanol–water partition coefficient (Wildman–Crippen LogP) is 2.52. The molecule has 0 fully saturated rings. The zero-order chi connectivity index (χ0) is 13.7. The molecule has 19 heavy (non-hydrogen) atoms. The van der Waals surface area contributed by atoms with Crippen molar-refractivity contribution in [2.75, 3.05) is 7.11 Å². The molecule has 0 spiro atoms. The summed E-state index contributed by atoms with van der Waals surface area (Å²) in [6.07, 6.45) is 0.704. The molecule has 2 aromatic carbocycles. The predicted molar refractivity (Wildman–Crippen MR) is 74.9 cm³/mol. The minimum atomic E-state index is -0.297. The number of benzene rings is 2. The summed E-state index contributed by atoms with van der Waals surface area (Å²) in [6.45, 7) is 0.541. The Morgan fingerprint density at radius 2 is 1.68 bits per heavy atom. The average Bonchev–Trinajstić information content (AvgIpc) is 2.48. The van der Waals surface area contributed by atoms with Gasteiger partial charge < -0.3 is 10.5 Å². The van der Waals surface area contributed by atoms with E-state index >= 15 is 0 Å². The van der Waals surface area contributed by atoms with E-state index in [1.807, 2.05) is 42.5 Å². The van der Waals surface area contributed by atoms with E-state index < -0.39 is 0 Å². The lowest BCUT2D eigenvalue weighted by Crippen LogP contribution is -2.06. The normalized spacial score (nSPS) is 10.2. The van der Waals surface area contributed by atoms with Crippen molar-refractivity contribution >= 4 is 5.97 Å². The lowest BCUT2D eigenvalue weighted by Gasteiger charge is -2.08. The quantitative estimate of drug-likeness (QED) is 0.854. The second-order valence-electron chi connectivity index (χ2n) is 4.35. The summed E-state index contributed by atoms with van der Waals surface area (Å²) in [5, 5.41) is 0. The monoisotopic (exact) mass is 255 g/mol. The van der Waals surface area contributed by atoms with Crippen LogP contribution in [0.15, 0.2) is 48.5 Å². The molecule has 0 radical (unpaired) electrons. The zero-order valence-electron chi connectivity index (χ0n) is 10.9. The van der Waals surface area contributed by atoms with Crippen molar-refractivity contribution in [3.8, 4) is 0 Å². The Morgan fingerprint density at radius 1 is 1.05 bits per heavy atom. The van der Waals surface area contributed by atoms with E-state index in [4.69, 9.17) is 10.5 Å². The summed E-state index contributed by atoms with van der Waals surface area (Å²) in [4.78, 5) is 11.7. The zero-order valence-corrected chi connectivity index (χ0v) is 10.9. The number of carbonyl (C=O) groups is 1. The van der Waals surface area contributed by atoms with Crippen LogP contribution in [0.3, 0.4) is 0 Å². The standard InChI is InChI=1S/C16H17NO2/c1-19-16(18)15-5-3-2-4-14(15)10-12-6-8-13(11-17)9-7-12/h2-9H,10-11,17H2,1H3. The van der Waals surface area contributed by atoms with E-state index in [2.05, 4.69) is 0 Å². The maximum atomic E-state index is 11.7. The number of nitrogens with two attached hydrogens (primary N) is 1. The number of methoxy groups -OCH3 is 1. The van der Waals surface area contributed by atoms with Crippen molar-refractivity contribution in [1.82, 2.24) is 0 Å². The molecule has 0 unspecified atom stereocenters. The smallest absolute Gasteiger partial charge is 0.338 e. The lowest BCUT2D eigenvalue weighted by molar-refractivity contribution is 0.0599. The van der Waals surface area contributed by atoms with Gasteiger partial charge >= 0.3 is 5.97 Å². The summed E-state index contributed by atoms with van der Waals surface area (Å²) >= 11 is 0. The van der Waals surface area contributed by atoms with Gasteiger partial charge in [0.1, 0.15) is 0 Å². The molecule has 0 aromatic heterocycles. The maximum absolute atomic E-state index is 11.7. The van der Waals surface area contributed by atoms with Gasteiger partial charge in [-0.15, -0.1) is 0 Å². The highest BCUT2D eigenvalue weighted by molar-refractivity contribution is 5.91. The first-order valence-corrected chi connectivity index (χ1v) is 6.18. The number of carbonyl (C=O) groups excluding carboxylic acids is 1. The lowest BCUT2D eigenvalue weighted by atomic mass is 9.99. The van der Waals surface area contributed by atoms with Crippen LogP contribution < -0.4 is 5.73 Å². The minimum absolute atomic E-state index is 0.297. The molecule has 0 atom stereocenters. The molecule has 2 N–H and O–H groups in total. The molecule has 3 heteroatoms. The van der Waals surface area contributed by atoms with Crippen molar-refractivity contribution in [1.29, 1.82) is 0 Å². The Hall–Kier alpha value is -2.13. The summed E-state index contributed by atoms with van der Waals surface area (Å²) in [5.74, 6) is -0.297. The number of esters is 1. The molecule has 0 saturated heterocycles. The van der Waals surface area contributed by atoms with Crippen LogP contribution >= 0.6 is 0 Å². The average molecular weight is 255 g/mol. The van der Waals surface area contributed by atoms with Crippen LogP contribution in [0.25, 0.3) is 0 Å². The van der Waals surface area contributed by atoms with Gasteiger partial charge in [-0.3, -0.25) is 0 Å². The van der Waals surface area contributed by atoms with Crippen LogP contribution in [-0.4, -0.2) is 13.1 Å². The van der Waals surface area contributed by atoms with Gasteiger partial charge in [-0.05, 0) is 29.2 Å². The molecule has 0 heterocycles. The topological polar surface area (TPSA) is 52.3 Å². The van der Waals surface area contributed by atoms with Gasteiger partial charge in [-0.2, -0.15) is 0 Å². The Kier molecular flexibility index (Phi) is 4.31. The van der Waals surface area contributed by atoms with Crippen molar-refractivity contribution < 1.29 is 9.53 Å². The van der Waals surface area contributed by atoms with Crippen LogP contribution in [0.2, 0.25) is 0 Å². The van der Waals surface area contributed by atoms with E-state index in [1.165, 1.54) is 7.11 Å². The first kappa shape index (κ1) is 13.3. The van der Waals surface area contributed by atoms with Gasteiger partial charge in [0.05, 0.1) is 12.7 Å². The molecule has 0 aliphatic heterocycles. The summed E-state index contributed by atoms with van der Waals surface area (Å²) in [6, 6.07) is 15.6. The van der Waals surface area contributed by atoms with Gasteiger partial charge in [0.25, 0.3) is 0 Å². The van der Waals surface area contributed by atoms with Crippen LogP contribution in [-0.2, 0) is 17.7 Å². The van der Waals surface area contributed by atoms with Gasteiger partial charge in [-0.1, -0.05) is 42.5 Å². The second kappa shape index (κ2) is 6.16. The van der Waals surface area contributed by atoms with Crippen LogP contribution in [0.4, 0.5) is 0 Å². The number of ether oxygens (including phenoxy) is 1. The third kappa shape index (κ3) is 3.20. The van der Waals surface area contributed by atoms with Crippen molar-refractivity contribution in [2.24, 2.45) is 5.73 Å². The summed E-state index contributed by atoms with van der Waals surface area (Å²) in [5.41, 5.74) is 9.41. The second-order valence-corrected chi connectivity index (χ2v) is 4.35. The Bertz CT molecular complexity index is 561. The largest absolute Gasteiger partial charge is 0.465 e. The third-order valence-corrected chi connectivity index (χ3v) is 3.08. The maximum Gasteiger partial charge on any atom is 0.338 e. The number of hydrogen-bond acceptors (Lipinski definition) is 3. The van der Waals surface area contributed by atoms with Crippen molar-refractivity contribution in [3.63, 3.8) is 0 Å². The molecular weight excluding hydrogens is 238 g/mol. The number of hydrogen-bond donors (Lipinski definition) is 1. The fourth-order valence-corrected chi connectivity index (χ4v) is 2.00. The van der Waals surface area contributed by atoms with Crippen LogP contribution in [0.1, 0.15) is 27.0 Å². The summed E-state index contributed by atoms with van der Waals surface area (Å²) in [7, 11) is 1.40. The first-order chi connectivity index (χ1) is 9.24. The van der Waals surface area contributed by atoms with Crippen LogP contribution in [0, 0.1) is 0 Å². The van der Waals surface area contributed by atoms with Gasteiger partial charge in [0.2, 0.25) is 0 Å².